The molecule has 0 aromatic rings. The van der Waals surface area contributed by atoms with Gasteiger partial charge in [0.25, 0.3) is 0 Å². The van der Waals surface area contributed by atoms with Crippen molar-refractivity contribution in [2.75, 3.05) is 6.61 Å². The van der Waals surface area contributed by atoms with Crippen molar-refractivity contribution in [3.8, 4) is 0 Å². The van der Waals surface area contributed by atoms with Crippen molar-refractivity contribution in [2.24, 2.45) is 0 Å². The smallest absolute Gasteiger partial charge is 0.303 e. The van der Waals surface area contributed by atoms with Crippen LogP contribution < -0.4 is 0 Å². The van der Waals surface area contributed by atoms with Gasteiger partial charge in [0.1, 0.15) is 0 Å². The summed E-state index contributed by atoms with van der Waals surface area (Å²) in [6.45, 7) is 5.93. The number of hydrogen-bond donors (Lipinski definition) is 0. The Labute approximate surface area is 130 Å². The average molecular weight is 316 g/mol. The summed E-state index contributed by atoms with van der Waals surface area (Å²) in [7, 11) is 0. The van der Waals surface area contributed by atoms with Gasteiger partial charge in [-0.05, 0) is 6.42 Å². The number of hydrogen-bond acceptors (Lipinski definition) is 7. The summed E-state index contributed by atoms with van der Waals surface area (Å²) in [4.78, 5) is 33.9. The molecular formula is C15H24O7. The highest BCUT2D eigenvalue weighted by molar-refractivity contribution is 5.68. The molecule has 0 saturated carbocycles. The largest absolute Gasteiger partial charge is 0.456 e. The van der Waals surface area contributed by atoms with E-state index < -0.39 is 36.2 Å². The van der Waals surface area contributed by atoms with E-state index in [9.17, 15) is 14.4 Å². The molecule has 1 aliphatic rings. The normalized spacial score (nSPS) is 27.8. The molecule has 7 nitrogen and oxygen atoms in total. The third kappa shape index (κ3) is 5.63. The minimum Gasteiger partial charge on any atom is -0.456 e. The van der Waals surface area contributed by atoms with Crippen LogP contribution in [0.2, 0.25) is 0 Å². The highest BCUT2D eigenvalue weighted by atomic mass is 16.6. The Morgan fingerprint density at radius 1 is 0.955 bits per heavy atom. The van der Waals surface area contributed by atoms with Gasteiger partial charge in [0.05, 0.1) is 12.7 Å². The maximum atomic E-state index is 11.4. The lowest BCUT2D eigenvalue weighted by Crippen LogP contribution is -2.57. The van der Waals surface area contributed by atoms with Crippen molar-refractivity contribution in [3.63, 3.8) is 0 Å². The fraction of sp³-hybridized carbons (Fsp3) is 0.800. The summed E-state index contributed by atoms with van der Waals surface area (Å²) in [6.07, 6.45) is -0.319. The molecule has 1 heterocycles. The quantitative estimate of drug-likeness (QED) is 0.540. The van der Waals surface area contributed by atoms with Crippen LogP contribution in [-0.2, 0) is 33.3 Å². The van der Waals surface area contributed by atoms with Gasteiger partial charge in [-0.3, -0.25) is 14.4 Å². The molecule has 1 saturated heterocycles. The Balaban J connectivity index is 2.95. The van der Waals surface area contributed by atoms with Crippen molar-refractivity contribution in [2.45, 2.75) is 71.4 Å². The standard InChI is InChI=1S/C15H24O7/c1-5-6-7-12-14(21-10(3)17)15(22-11(4)18)13(8-19-12)20-9(2)16/h12-15H,5-8H2,1-4H3/t12-,13+,14-,15-/m0/s1. The van der Waals surface area contributed by atoms with E-state index in [1.165, 1.54) is 20.8 Å². The molecule has 0 bridgehead atoms. The molecule has 7 heteroatoms. The van der Waals surface area contributed by atoms with Gasteiger partial charge in [0.2, 0.25) is 0 Å². The second-order valence-corrected chi connectivity index (χ2v) is 5.31. The molecule has 0 aliphatic carbocycles. The summed E-state index contributed by atoms with van der Waals surface area (Å²) in [6, 6.07) is 0. The predicted molar refractivity (Wildman–Crippen MR) is 75.9 cm³/mol. The number of carbonyl (C=O) groups excluding carboxylic acids is 3. The van der Waals surface area contributed by atoms with Gasteiger partial charge in [-0.2, -0.15) is 0 Å². The SMILES string of the molecule is CCCC[C@@H]1OC[C@@H](OC(C)=O)[C@H](OC(C)=O)[C@H]1OC(C)=O. The number of unbranched alkanes of at least 4 members (excludes halogenated alkanes) is 1. The summed E-state index contributed by atoms with van der Waals surface area (Å²) < 4.78 is 21.4. The van der Waals surface area contributed by atoms with Crippen molar-refractivity contribution >= 4 is 17.9 Å². The molecular weight excluding hydrogens is 292 g/mol. The molecule has 1 fully saturated rings. The van der Waals surface area contributed by atoms with Gasteiger partial charge in [-0.25, -0.2) is 0 Å². The van der Waals surface area contributed by atoms with Gasteiger partial charge in [0.15, 0.2) is 18.3 Å². The van der Waals surface area contributed by atoms with E-state index in [2.05, 4.69) is 0 Å². The summed E-state index contributed by atoms with van der Waals surface area (Å²) >= 11 is 0. The van der Waals surface area contributed by atoms with Gasteiger partial charge < -0.3 is 18.9 Å². The molecule has 0 unspecified atom stereocenters. The topological polar surface area (TPSA) is 88.1 Å². The highest BCUT2D eigenvalue weighted by Crippen LogP contribution is 2.27. The molecule has 1 rings (SSSR count). The van der Waals surface area contributed by atoms with Gasteiger partial charge >= 0.3 is 17.9 Å². The Bertz CT molecular complexity index is 407. The fourth-order valence-corrected chi connectivity index (χ4v) is 2.47. The van der Waals surface area contributed by atoms with Crippen molar-refractivity contribution < 1.29 is 33.3 Å². The van der Waals surface area contributed by atoms with Crippen molar-refractivity contribution in [1.29, 1.82) is 0 Å². The van der Waals surface area contributed by atoms with Crippen LogP contribution in [0, 0.1) is 0 Å². The first-order chi connectivity index (χ1) is 10.3. The third-order valence-corrected chi connectivity index (χ3v) is 3.29. The fourth-order valence-electron chi connectivity index (χ4n) is 2.47. The van der Waals surface area contributed by atoms with Crippen LogP contribution >= 0.6 is 0 Å². The van der Waals surface area contributed by atoms with Gasteiger partial charge in [-0.15, -0.1) is 0 Å². The maximum Gasteiger partial charge on any atom is 0.303 e. The zero-order valence-electron chi connectivity index (χ0n) is 13.5. The van der Waals surface area contributed by atoms with Crippen LogP contribution in [0.25, 0.3) is 0 Å². The number of carbonyl (C=O) groups is 3. The minimum atomic E-state index is -0.860. The molecule has 0 spiro atoms. The van der Waals surface area contributed by atoms with E-state index >= 15 is 0 Å². The van der Waals surface area contributed by atoms with E-state index in [4.69, 9.17) is 18.9 Å². The van der Waals surface area contributed by atoms with E-state index in [1.54, 1.807) is 0 Å². The van der Waals surface area contributed by atoms with E-state index in [0.29, 0.717) is 6.42 Å². The zero-order chi connectivity index (χ0) is 16.7. The Kier molecular flexibility index (Phi) is 7.31. The van der Waals surface area contributed by atoms with Crippen molar-refractivity contribution in [3.05, 3.63) is 0 Å². The summed E-state index contributed by atoms with van der Waals surface area (Å²) in [5.74, 6) is -1.55. The van der Waals surface area contributed by atoms with Crippen LogP contribution in [0.1, 0.15) is 47.0 Å². The second-order valence-electron chi connectivity index (χ2n) is 5.31. The van der Waals surface area contributed by atoms with E-state index in [0.717, 1.165) is 12.8 Å². The molecule has 1 aliphatic heterocycles. The van der Waals surface area contributed by atoms with E-state index in [-0.39, 0.29) is 12.7 Å². The van der Waals surface area contributed by atoms with Crippen LogP contribution in [0.15, 0.2) is 0 Å². The zero-order valence-corrected chi connectivity index (χ0v) is 13.5. The molecule has 0 aromatic carbocycles. The lowest BCUT2D eigenvalue weighted by molar-refractivity contribution is -0.226. The third-order valence-electron chi connectivity index (χ3n) is 3.29. The summed E-state index contributed by atoms with van der Waals surface area (Å²) in [5, 5.41) is 0. The molecule has 0 radical (unpaired) electrons. The van der Waals surface area contributed by atoms with Crippen LogP contribution in [0.4, 0.5) is 0 Å². The second kappa shape index (κ2) is 8.73. The highest BCUT2D eigenvalue weighted by Gasteiger charge is 2.46. The van der Waals surface area contributed by atoms with Crippen LogP contribution in [0.5, 0.6) is 0 Å². The molecule has 0 amide bonds. The molecule has 22 heavy (non-hydrogen) atoms. The lowest BCUT2D eigenvalue weighted by Gasteiger charge is -2.40. The lowest BCUT2D eigenvalue weighted by atomic mass is 9.95. The van der Waals surface area contributed by atoms with Gasteiger partial charge in [0, 0.05) is 20.8 Å². The first-order valence-corrected chi connectivity index (χ1v) is 7.48. The molecule has 126 valence electrons. The van der Waals surface area contributed by atoms with Crippen LogP contribution in [-0.4, -0.2) is 48.9 Å². The molecule has 0 N–H and O–H groups in total. The first-order valence-electron chi connectivity index (χ1n) is 7.48. The molecule has 0 aromatic heterocycles. The van der Waals surface area contributed by atoms with E-state index in [1.807, 2.05) is 6.92 Å². The Hall–Kier alpha value is -1.63. The summed E-state index contributed by atoms with van der Waals surface area (Å²) in [5.41, 5.74) is 0. The number of rotatable bonds is 6. The predicted octanol–water partition coefficient (Wildman–Crippen LogP) is 1.37. The monoisotopic (exact) mass is 316 g/mol. The average Bonchev–Trinajstić information content (AvgIpc) is 2.40. The Morgan fingerprint density at radius 3 is 2.00 bits per heavy atom. The first kappa shape index (κ1) is 18.4. The van der Waals surface area contributed by atoms with Gasteiger partial charge in [-0.1, -0.05) is 19.8 Å². The number of esters is 3. The number of ether oxygens (including phenoxy) is 4. The van der Waals surface area contributed by atoms with Crippen LogP contribution in [0.3, 0.4) is 0 Å². The minimum absolute atomic E-state index is 0.101. The molecule has 4 atom stereocenters. The maximum absolute atomic E-state index is 11.4. The van der Waals surface area contributed by atoms with Crippen molar-refractivity contribution in [1.82, 2.24) is 0 Å². The Morgan fingerprint density at radius 2 is 1.50 bits per heavy atom.